The minimum atomic E-state index is -1.59. The number of hydrogen-bond acceptors (Lipinski definition) is 3. The molecule has 0 radical (unpaired) electrons. The molecule has 0 atom stereocenters. The van der Waals surface area contributed by atoms with Gasteiger partial charge in [0.15, 0.2) is 11.5 Å². The van der Waals surface area contributed by atoms with Crippen LogP contribution < -0.4 is 9.47 Å². The monoisotopic (exact) mass is 296 g/mol. The van der Waals surface area contributed by atoms with E-state index in [0.29, 0.717) is 35.5 Å². The first kappa shape index (κ1) is 15.6. The van der Waals surface area contributed by atoms with Crippen molar-refractivity contribution in [1.29, 1.82) is 0 Å². The minimum Gasteiger partial charge on any atom is -0.493 e. The second kappa shape index (κ2) is 5.20. The first-order valence-corrected chi connectivity index (χ1v) is 6.95. The Kier molecular flexibility index (Phi) is 3.87. The Bertz CT molecular complexity index is 556. The number of rotatable bonds is 5. The SMILES string of the molecule is COc1cc(C(C)(C)F)cc(C2(C(=O)O)CCC2)c1OC. The smallest absolute Gasteiger partial charge is 0.314 e. The van der Waals surface area contributed by atoms with Gasteiger partial charge in [0.05, 0.1) is 19.6 Å². The highest BCUT2D eigenvalue weighted by Gasteiger charge is 2.48. The van der Waals surface area contributed by atoms with Gasteiger partial charge in [-0.2, -0.15) is 0 Å². The van der Waals surface area contributed by atoms with Crippen LogP contribution in [0.1, 0.15) is 44.2 Å². The summed E-state index contributed by atoms with van der Waals surface area (Å²) in [6.45, 7) is 2.87. The summed E-state index contributed by atoms with van der Waals surface area (Å²) in [5.74, 6) is -0.154. The summed E-state index contributed by atoms with van der Waals surface area (Å²) in [6, 6.07) is 3.17. The molecule has 0 aliphatic heterocycles. The summed E-state index contributed by atoms with van der Waals surface area (Å²) in [5, 5.41) is 9.62. The van der Waals surface area contributed by atoms with Gasteiger partial charge in [-0.15, -0.1) is 0 Å². The van der Waals surface area contributed by atoms with Crippen LogP contribution in [0, 0.1) is 0 Å². The molecule has 1 aromatic rings. The van der Waals surface area contributed by atoms with E-state index in [1.54, 1.807) is 12.1 Å². The van der Waals surface area contributed by atoms with E-state index < -0.39 is 17.1 Å². The van der Waals surface area contributed by atoms with Gasteiger partial charge in [0.1, 0.15) is 5.67 Å². The Morgan fingerprint density at radius 2 is 1.90 bits per heavy atom. The van der Waals surface area contributed by atoms with E-state index in [0.717, 1.165) is 6.42 Å². The van der Waals surface area contributed by atoms with Crippen molar-refractivity contribution in [3.8, 4) is 11.5 Å². The molecule has 1 aromatic carbocycles. The van der Waals surface area contributed by atoms with Crippen molar-refractivity contribution in [2.75, 3.05) is 14.2 Å². The third-order valence-corrected chi connectivity index (χ3v) is 4.30. The standard InChI is InChI=1S/C16H21FO4/c1-15(2,17)10-8-11(13(21-4)12(9-10)20-3)16(14(18)19)6-5-7-16/h8-9H,5-7H2,1-4H3,(H,18,19). The van der Waals surface area contributed by atoms with Gasteiger partial charge < -0.3 is 14.6 Å². The van der Waals surface area contributed by atoms with Crippen LogP contribution in [-0.4, -0.2) is 25.3 Å². The number of aliphatic carboxylic acids is 1. The fourth-order valence-corrected chi connectivity index (χ4v) is 2.79. The molecule has 1 N–H and O–H groups in total. The van der Waals surface area contributed by atoms with Gasteiger partial charge in [0.25, 0.3) is 0 Å². The predicted octanol–water partition coefficient (Wildman–Crippen LogP) is 3.41. The van der Waals surface area contributed by atoms with Crippen LogP contribution in [-0.2, 0) is 15.9 Å². The molecule has 4 nitrogen and oxygen atoms in total. The number of methoxy groups -OCH3 is 2. The number of carboxylic acids is 1. The Balaban J connectivity index is 2.70. The van der Waals surface area contributed by atoms with Crippen molar-refractivity contribution in [3.63, 3.8) is 0 Å². The van der Waals surface area contributed by atoms with Gasteiger partial charge in [-0.25, -0.2) is 4.39 Å². The molecule has 1 aliphatic rings. The maximum Gasteiger partial charge on any atom is 0.314 e. The molecule has 0 heterocycles. The first-order valence-electron chi connectivity index (χ1n) is 6.95. The lowest BCUT2D eigenvalue weighted by Gasteiger charge is -2.39. The van der Waals surface area contributed by atoms with E-state index >= 15 is 0 Å². The van der Waals surface area contributed by atoms with E-state index in [9.17, 15) is 14.3 Å². The van der Waals surface area contributed by atoms with Gasteiger partial charge in [0.2, 0.25) is 0 Å². The quantitative estimate of drug-likeness (QED) is 0.904. The molecule has 0 aromatic heterocycles. The van der Waals surface area contributed by atoms with Crippen LogP contribution in [0.25, 0.3) is 0 Å². The zero-order valence-corrected chi connectivity index (χ0v) is 12.8. The van der Waals surface area contributed by atoms with Crippen molar-refractivity contribution in [3.05, 3.63) is 23.3 Å². The minimum absolute atomic E-state index is 0.364. The van der Waals surface area contributed by atoms with Gasteiger partial charge in [-0.1, -0.05) is 6.42 Å². The lowest BCUT2D eigenvalue weighted by molar-refractivity contribution is -0.147. The summed E-state index contributed by atoms with van der Waals surface area (Å²) in [4.78, 5) is 11.7. The summed E-state index contributed by atoms with van der Waals surface area (Å²) >= 11 is 0. The van der Waals surface area contributed by atoms with E-state index in [1.807, 2.05) is 0 Å². The molecule has 0 bridgehead atoms. The number of ether oxygens (including phenoxy) is 2. The average molecular weight is 296 g/mol. The zero-order valence-electron chi connectivity index (χ0n) is 12.8. The topological polar surface area (TPSA) is 55.8 Å². The highest BCUT2D eigenvalue weighted by atomic mass is 19.1. The molecular formula is C16H21FO4. The summed E-state index contributed by atoms with van der Waals surface area (Å²) in [6.07, 6.45) is 1.89. The third-order valence-electron chi connectivity index (χ3n) is 4.30. The number of carboxylic acid groups (broad SMARTS) is 1. The normalized spacial score (nSPS) is 17.0. The van der Waals surface area contributed by atoms with Crippen molar-refractivity contribution in [2.45, 2.75) is 44.2 Å². The molecule has 0 amide bonds. The second-order valence-electron chi connectivity index (χ2n) is 5.97. The maximum absolute atomic E-state index is 14.3. The van der Waals surface area contributed by atoms with Crippen LogP contribution in [0.3, 0.4) is 0 Å². The summed E-state index contributed by atoms with van der Waals surface area (Å²) < 4.78 is 24.9. The van der Waals surface area contributed by atoms with E-state index in [4.69, 9.17) is 9.47 Å². The van der Waals surface area contributed by atoms with Crippen molar-refractivity contribution in [1.82, 2.24) is 0 Å². The maximum atomic E-state index is 14.3. The highest BCUT2D eigenvalue weighted by molar-refractivity contribution is 5.84. The van der Waals surface area contributed by atoms with Gasteiger partial charge in [-0.3, -0.25) is 4.79 Å². The lowest BCUT2D eigenvalue weighted by atomic mass is 9.63. The summed E-state index contributed by atoms with van der Waals surface area (Å²) in [5.41, 5.74) is -1.69. The molecule has 1 saturated carbocycles. The zero-order chi connectivity index (χ0) is 15.8. The molecule has 21 heavy (non-hydrogen) atoms. The van der Waals surface area contributed by atoms with Crippen molar-refractivity contribution >= 4 is 5.97 Å². The molecule has 0 unspecified atom stereocenters. The summed E-state index contributed by atoms with van der Waals surface area (Å²) in [7, 11) is 2.93. The average Bonchev–Trinajstić information content (AvgIpc) is 2.34. The number of carbonyl (C=O) groups is 1. The van der Waals surface area contributed by atoms with Crippen molar-refractivity contribution < 1.29 is 23.8 Å². The lowest BCUT2D eigenvalue weighted by Crippen LogP contribution is -2.42. The molecule has 1 fully saturated rings. The Morgan fingerprint density at radius 3 is 2.24 bits per heavy atom. The van der Waals surface area contributed by atoms with Crippen molar-refractivity contribution in [2.24, 2.45) is 0 Å². The fraction of sp³-hybridized carbons (Fsp3) is 0.562. The molecule has 0 spiro atoms. The molecule has 5 heteroatoms. The van der Waals surface area contributed by atoms with E-state index in [2.05, 4.69) is 0 Å². The van der Waals surface area contributed by atoms with Gasteiger partial charge in [-0.05, 0) is 44.4 Å². The number of alkyl halides is 1. The molecule has 116 valence electrons. The van der Waals surface area contributed by atoms with Crippen LogP contribution in [0.15, 0.2) is 12.1 Å². The predicted molar refractivity (Wildman–Crippen MR) is 76.8 cm³/mol. The van der Waals surface area contributed by atoms with Crippen LogP contribution in [0.4, 0.5) is 4.39 Å². The second-order valence-corrected chi connectivity index (χ2v) is 5.97. The number of hydrogen-bond donors (Lipinski definition) is 1. The molecule has 1 aliphatic carbocycles. The highest BCUT2D eigenvalue weighted by Crippen LogP contribution is 2.51. The van der Waals surface area contributed by atoms with Crippen LogP contribution in [0.2, 0.25) is 0 Å². The van der Waals surface area contributed by atoms with Gasteiger partial charge >= 0.3 is 5.97 Å². The van der Waals surface area contributed by atoms with Crippen LogP contribution >= 0.6 is 0 Å². The third kappa shape index (κ3) is 2.45. The van der Waals surface area contributed by atoms with Gasteiger partial charge in [0, 0.05) is 5.56 Å². The van der Waals surface area contributed by atoms with Crippen LogP contribution in [0.5, 0.6) is 11.5 Å². The Hall–Kier alpha value is -1.78. The number of benzene rings is 1. The molecule has 2 rings (SSSR count). The Morgan fingerprint density at radius 1 is 1.29 bits per heavy atom. The molecule has 0 saturated heterocycles. The largest absolute Gasteiger partial charge is 0.493 e. The first-order chi connectivity index (χ1) is 9.76. The van der Waals surface area contributed by atoms with E-state index in [-0.39, 0.29) is 0 Å². The molecular weight excluding hydrogens is 275 g/mol. The Labute approximate surface area is 123 Å². The fourth-order valence-electron chi connectivity index (χ4n) is 2.79. The van der Waals surface area contributed by atoms with E-state index in [1.165, 1.54) is 28.1 Å². The number of halogens is 1.